The Morgan fingerprint density at radius 2 is 1.76 bits per heavy atom. The number of halogens is 1. The van der Waals surface area contributed by atoms with Crippen molar-refractivity contribution in [2.24, 2.45) is 0 Å². The molecule has 21 heavy (non-hydrogen) atoms. The second kappa shape index (κ2) is 5.75. The zero-order valence-electron chi connectivity index (χ0n) is 11.6. The Kier molecular flexibility index (Phi) is 4.03. The van der Waals surface area contributed by atoms with Crippen molar-refractivity contribution in [2.75, 3.05) is 11.9 Å². The molecule has 0 aromatic heterocycles. The molecule has 0 spiro atoms. The zero-order valence-corrected chi connectivity index (χ0v) is 11.6. The van der Waals surface area contributed by atoms with E-state index in [0.717, 1.165) is 10.5 Å². The molecule has 0 unspecified atom stereocenters. The molecule has 0 atom stereocenters. The molecule has 0 saturated heterocycles. The number of carbonyl (C=O) groups excluding carboxylic acids is 1. The van der Waals surface area contributed by atoms with E-state index >= 15 is 0 Å². The summed E-state index contributed by atoms with van der Waals surface area (Å²) >= 11 is 0. The summed E-state index contributed by atoms with van der Waals surface area (Å²) in [6.45, 7) is 1.75. The van der Waals surface area contributed by atoms with E-state index in [-0.39, 0.29) is 16.8 Å². The fourth-order valence-electron chi connectivity index (χ4n) is 2.04. The normalized spacial score (nSPS) is 10.2. The van der Waals surface area contributed by atoms with Crippen molar-refractivity contribution in [3.05, 3.63) is 65.0 Å². The minimum absolute atomic E-state index is 0.0126. The van der Waals surface area contributed by atoms with Gasteiger partial charge in [0.05, 0.1) is 16.8 Å². The van der Waals surface area contributed by atoms with Crippen LogP contribution in [0, 0.1) is 12.7 Å². The Morgan fingerprint density at radius 3 is 2.43 bits per heavy atom. The van der Waals surface area contributed by atoms with Gasteiger partial charge in [-0.15, -0.1) is 0 Å². The molecule has 5 heteroatoms. The van der Waals surface area contributed by atoms with Crippen molar-refractivity contribution in [1.29, 1.82) is 0 Å². The fourth-order valence-corrected chi connectivity index (χ4v) is 2.04. The molecular weight excluding hydrogens is 273 g/mol. The van der Waals surface area contributed by atoms with Crippen molar-refractivity contribution in [3.63, 3.8) is 0 Å². The molecule has 0 aliphatic carbocycles. The summed E-state index contributed by atoms with van der Waals surface area (Å²) < 4.78 is 13.8. The van der Waals surface area contributed by atoms with Crippen LogP contribution in [0.25, 0.3) is 0 Å². The number of aromatic carboxylic acids is 1. The van der Waals surface area contributed by atoms with Crippen molar-refractivity contribution in [2.45, 2.75) is 6.92 Å². The highest BCUT2D eigenvalue weighted by Crippen LogP contribution is 2.22. The Bertz CT molecular complexity index is 712. The van der Waals surface area contributed by atoms with Crippen LogP contribution in [0.3, 0.4) is 0 Å². The largest absolute Gasteiger partial charge is 0.478 e. The lowest BCUT2D eigenvalue weighted by Gasteiger charge is -2.19. The molecule has 108 valence electrons. The van der Waals surface area contributed by atoms with E-state index in [1.165, 1.54) is 31.3 Å². The van der Waals surface area contributed by atoms with Gasteiger partial charge < -0.3 is 10.0 Å². The van der Waals surface area contributed by atoms with E-state index in [9.17, 15) is 14.0 Å². The van der Waals surface area contributed by atoms with Crippen LogP contribution in [0.15, 0.2) is 42.5 Å². The van der Waals surface area contributed by atoms with E-state index in [2.05, 4.69) is 0 Å². The average Bonchev–Trinajstić information content (AvgIpc) is 2.48. The number of carbonyl (C=O) groups is 2. The molecule has 2 aromatic carbocycles. The summed E-state index contributed by atoms with van der Waals surface area (Å²) in [5.41, 5.74) is 0.870. The van der Waals surface area contributed by atoms with Gasteiger partial charge in [0, 0.05) is 7.05 Å². The maximum atomic E-state index is 13.8. The highest BCUT2D eigenvalue weighted by atomic mass is 19.1. The maximum Gasteiger partial charge on any atom is 0.337 e. The SMILES string of the molecule is Cc1ccc(F)c(C(=O)N(C)c2ccccc2C(=O)O)c1. The van der Waals surface area contributed by atoms with Crippen LogP contribution in [0.4, 0.5) is 10.1 Å². The Labute approximate surface area is 121 Å². The third-order valence-corrected chi connectivity index (χ3v) is 3.15. The van der Waals surface area contributed by atoms with Gasteiger partial charge >= 0.3 is 5.97 Å². The van der Waals surface area contributed by atoms with Gasteiger partial charge in [-0.1, -0.05) is 23.8 Å². The minimum atomic E-state index is -1.14. The zero-order chi connectivity index (χ0) is 15.6. The first-order valence-corrected chi connectivity index (χ1v) is 6.28. The number of benzene rings is 2. The number of rotatable bonds is 3. The van der Waals surface area contributed by atoms with Crippen molar-refractivity contribution >= 4 is 17.6 Å². The molecule has 0 aliphatic heterocycles. The summed E-state index contributed by atoms with van der Waals surface area (Å²) in [7, 11) is 1.42. The monoisotopic (exact) mass is 287 g/mol. The molecule has 0 heterocycles. The number of carboxylic acid groups (broad SMARTS) is 1. The summed E-state index contributed by atoms with van der Waals surface area (Å²) in [6, 6.07) is 10.3. The van der Waals surface area contributed by atoms with Crippen LogP contribution in [0.5, 0.6) is 0 Å². The molecule has 0 fully saturated rings. The molecule has 0 bridgehead atoms. The third-order valence-electron chi connectivity index (χ3n) is 3.15. The first-order valence-electron chi connectivity index (χ1n) is 6.28. The molecule has 0 aliphatic rings. The number of amides is 1. The number of carboxylic acids is 1. The molecule has 1 N–H and O–H groups in total. The smallest absolute Gasteiger partial charge is 0.337 e. The molecular formula is C16H14FNO3. The fraction of sp³-hybridized carbons (Fsp3) is 0.125. The van der Waals surface area contributed by atoms with Crippen LogP contribution in [-0.2, 0) is 0 Å². The van der Waals surface area contributed by atoms with Gasteiger partial charge in [-0.25, -0.2) is 9.18 Å². The van der Waals surface area contributed by atoms with Gasteiger partial charge in [-0.2, -0.15) is 0 Å². The highest BCUT2D eigenvalue weighted by molar-refractivity contribution is 6.09. The van der Waals surface area contributed by atoms with Gasteiger partial charge in [0.25, 0.3) is 5.91 Å². The summed E-state index contributed by atoms with van der Waals surface area (Å²) in [4.78, 5) is 24.7. The van der Waals surface area contributed by atoms with Gasteiger partial charge in [0.1, 0.15) is 5.82 Å². The predicted molar refractivity (Wildman–Crippen MR) is 77.3 cm³/mol. The molecule has 1 amide bonds. The van der Waals surface area contributed by atoms with Gasteiger partial charge in [-0.3, -0.25) is 4.79 Å². The standard InChI is InChI=1S/C16H14FNO3/c1-10-7-8-13(17)12(9-10)15(19)18(2)14-6-4-3-5-11(14)16(20)21/h3-9H,1-2H3,(H,20,21). The number of aryl methyl sites for hydroxylation is 1. The maximum absolute atomic E-state index is 13.8. The van der Waals surface area contributed by atoms with Crippen molar-refractivity contribution in [1.82, 2.24) is 0 Å². The molecule has 0 saturated carbocycles. The lowest BCUT2D eigenvalue weighted by molar-refractivity contribution is 0.0697. The first-order chi connectivity index (χ1) is 9.91. The summed E-state index contributed by atoms with van der Waals surface area (Å²) in [5, 5.41) is 9.15. The highest BCUT2D eigenvalue weighted by Gasteiger charge is 2.21. The van der Waals surface area contributed by atoms with E-state index in [1.807, 2.05) is 0 Å². The minimum Gasteiger partial charge on any atom is -0.478 e. The van der Waals surface area contributed by atoms with Crippen LogP contribution in [0.2, 0.25) is 0 Å². The summed E-state index contributed by atoms with van der Waals surface area (Å²) in [5.74, 6) is -2.37. The van der Waals surface area contributed by atoms with E-state index in [1.54, 1.807) is 25.1 Å². The van der Waals surface area contributed by atoms with E-state index in [4.69, 9.17) is 5.11 Å². The second-order valence-electron chi connectivity index (χ2n) is 4.67. The molecule has 2 rings (SSSR count). The van der Waals surface area contributed by atoms with E-state index < -0.39 is 17.7 Å². The Hall–Kier alpha value is -2.69. The van der Waals surface area contributed by atoms with Crippen LogP contribution >= 0.6 is 0 Å². The lowest BCUT2D eigenvalue weighted by atomic mass is 10.1. The number of nitrogens with zero attached hydrogens (tertiary/aromatic N) is 1. The number of hydrogen-bond donors (Lipinski definition) is 1. The van der Waals surface area contributed by atoms with Crippen molar-refractivity contribution in [3.8, 4) is 0 Å². The predicted octanol–water partition coefficient (Wildman–Crippen LogP) is 3.11. The number of hydrogen-bond acceptors (Lipinski definition) is 2. The van der Waals surface area contributed by atoms with E-state index in [0.29, 0.717) is 0 Å². The molecule has 0 radical (unpaired) electrons. The van der Waals surface area contributed by atoms with Gasteiger partial charge in [0.15, 0.2) is 0 Å². The first kappa shape index (κ1) is 14.7. The molecule has 4 nitrogen and oxygen atoms in total. The lowest BCUT2D eigenvalue weighted by Crippen LogP contribution is -2.28. The Balaban J connectivity index is 2.45. The van der Waals surface area contributed by atoms with Gasteiger partial charge in [-0.05, 0) is 31.2 Å². The average molecular weight is 287 g/mol. The van der Waals surface area contributed by atoms with Gasteiger partial charge in [0.2, 0.25) is 0 Å². The topological polar surface area (TPSA) is 57.6 Å². The van der Waals surface area contributed by atoms with Crippen LogP contribution in [0.1, 0.15) is 26.3 Å². The van der Waals surface area contributed by atoms with Crippen LogP contribution < -0.4 is 4.90 Å². The molecule has 2 aromatic rings. The van der Waals surface area contributed by atoms with Crippen molar-refractivity contribution < 1.29 is 19.1 Å². The van der Waals surface area contributed by atoms with Crippen LogP contribution in [-0.4, -0.2) is 24.0 Å². The number of anilines is 1. The second-order valence-corrected chi connectivity index (χ2v) is 4.67. The Morgan fingerprint density at radius 1 is 1.10 bits per heavy atom. The third kappa shape index (κ3) is 2.91. The number of para-hydroxylation sites is 1. The quantitative estimate of drug-likeness (QED) is 0.943. The summed E-state index contributed by atoms with van der Waals surface area (Å²) in [6.07, 6.45) is 0.